The summed E-state index contributed by atoms with van der Waals surface area (Å²) in [5.74, 6) is 0. The highest BCUT2D eigenvalue weighted by Gasteiger charge is 2.21. The van der Waals surface area contributed by atoms with Crippen LogP contribution in [0.5, 0.6) is 0 Å². The first-order valence-corrected chi connectivity index (χ1v) is 5.44. The first kappa shape index (κ1) is 13.1. The highest BCUT2D eigenvalue weighted by atomic mass is 16.3. The summed E-state index contributed by atoms with van der Waals surface area (Å²) < 4.78 is 0. The molecule has 0 bridgehead atoms. The molecule has 4 nitrogen and oxygen atoms in total. The molecule has 0 aliphatic carbocycles. The molecule has 0 aromatic carbocycles. The lowest BCUT2D eigenvalue weighted by Gasteiger charge is -2.24. The van der Waals surface area contributed by atoms with Crippen molar-refractivity contribution in [3.8, 4) is 0 Å². The minimum atomic E-state index is -0.470. The Kier molecular flexibility index (Phi) is 4.86. The standard InChI is InChI=1S/C12H20N2O2/c1-10-4-3-5-14-11(10)6-13-7-12(2,8-15)9-16/h3-5,13,15-16H,6-9H2,1-2H3. The Labute approximate surface area is 96.3 Å². The van der Waals surface area contributed by atoms with Gasteiger partial charge in [0, 0.05) is 24.7 Å². The van der Waals surface area contributed by atoms with Gasteiger partial charge in [-0.15, -0.1) is 0 Å². The highest BCUT2D eigenvalue weighted by molar-refractivity contribution is 5.17. The summed E-state index contributed by atoms with van der Waals surface area (Å²) in [6.07, 6.45) is 1.77. The van der Waals surface area contributed by atoms with Crippen LogP contribution in [-0.2, 0) is 6.54 Å². The Morgan fingerprint density at radius 1 is 1.38 bits per heavy atom. The van der Waals surface area contributed by atoms with E-state index in [1.54, 1.807) is 6.20 Å². The van der Waals surface area contributed by atoms with E-state index in [2.05, 4.69) is 10.3 Å². The molecule has 1 aromatic heterocycles. The van der Waals surface area contributed by atoms with Crippen LogP contribution < -0.4 is 5.32 Å². The van der Waals surface area contributed by atoms with Gasteiger partial charge >= 0.3 is 0 Å². The molecule has 0 aliphatic rings. The summed E-state index contributed by atoms with van der Waals surface area (Å²) in [7, 11) is 0. The van der Waals surface area contributed by atoms with Crippen molar-refractivity contribution < 1.29 is 10.2 Å². The zero-order valence-electron chi connectivity index (χ0n) is 9.90. The smallest absolute Gasteiger partial charge is 0.0570 e. The van der Waals surface area contributed by atoms with Gasteiger partial charge in [0.1, 0.15) is 0 Å². The molecular weight excluding hydrogens is 204 g/mol. The van der Waals surface area contributed by atoms with Gasteiger partial charge in [-0.2, -0.15) is 0 Å². The van der Waals surface area contributed by atoms with E-state index in [9.17, 15) is 0 Å². The molecule has 0 radical (unpaired) electrons. The molecular formula is C12H20N2O2. The minimum Gasteiger partial charge on any atom is -0.396 e. The van der Waals surface area contributed by atoms with Crippen LogP contribution >= 0.6 is 0 Å². The third-order valence-electron chi connectivity index (χ3n) is 2.73. The average molecular weight is 224 g/mol. The largest absolute Gasteiger partial charge is 0.396 e. The first-order valence-electron chi connectivity index (χ1n) is 5.44. The lowest BCUT2D eigenvalue weighted by Crippen LogP contribution is -2.37. The molecule has 3 N–H and O–H groups in total. The molecule has 0 atom stereocenters. The summed E-state index contributed by atoms with van der Waals surface area (Å²) in [4.78, 5) is 4.26. The van der Waals surface area contributed by atoms with Crippen molar-refractivity contribution >= 4 is 0 Å². The summed E-state index contributed by atoms with van der Waals surface area (Å²) in [6, 6.07) is 3.92. The number of pyridine rings is 1. The molecule has 0 saturated carbocycles. The molecule has 4 heteroatoms. The van der Waals surface area contributed by atoms with Crippen molar-refractivity contribution in [2.24, 2.45) is 5.41 Å². The van der Waals surface area contributed by atoms with Crippen LogP contribution in [-0.4, -0.2) is 35.0 Å². The van der Waals surface area contributed by atoms with Crippen molar-refractivity contribution in [3.05, 3.63) is 29.6 Å². The quantitative estimate of drug-likeness (QED) is 0.657. The lowest BCUT2D eigenvalue weighted by molar-refractivity contribution is 0.0694. The topological polar surface area (TPSA) is 65.4 Å². The summed E-state index contributed by atoms with van der Waals surface area (Å²) >= 11 is 0. The second kappa shape index (κ2) is 5.94. The Morgan fingerprint density at radius 3 is 2.62 bits per heavy atom. The number of aromatic nitrogens is 1. The predicted octanol–water partition coefficient (Wildman–Crippen LogP) is 0.471. The summed E-state index contributed by atoms with van der Waals surface area (Å²) in [5, 5.41) is 21.4. The van der Waals surface area contributed by atoms with Crippen LogP contribution in [0, 0.1) is 12.3 Å². The molecule has 0 aliphatic heterocycles. The maximum Gasteiger partial charge on any atom is 0.0570 e. The highest BCUT2D eigenvalue weighted by Crippen LogP contribution is 2.12. The maximum absolute atomic E-state index is 9.12. The van der Waals surface area contributed by atoms with Crippen LogP contribution in [0.1, 0.15) is 18.2 Å². The van der Waals surface area contributed by atoms with E-state index in [-0.39, 0.29) is 13.2 Å². The second-order valence-electron chi connectivity index (χ2n) is 4.50. The molecule has 0 spiro atoms. The Bertz CT molecular complexity index is 325. The van der Waals surface area contributed by atoms with Crippen LogP contribution in [0.25, 0.3) is 0 Å². The van der Waals surface area contributed by atoms with Gasteiger partial charge in [-0.3, -0.25) is 4.98 Å². The van der Waals surface area contributed by atoms with Crippen molar-refractivity contribution in [2.45, 2.75) is 20.4 Å². The van der Waals surface area contributed by atoms with Gasteiger partial charge in [0.05, 0.1) is 18.9 Å². The van der Waals surface area contributed by atoms with Gasteiger partial charge < -0.3 is 15.5 Å². The van der Waals surface area contributed by atoms with Gasteiger partial charge in [-0.05, 0) is 18.6 Å². The zero-order valence-corrected chi connectivity index (χ0v) is 9.90. The second-order valence-corrected chi connectivity index (χ2v) is 4.50. The molecule has 16 heavy (non-hydrogen) atoms. The first-order chi connectivity index (χ1) is 7.61. The Morgan fingerprint density at radius 2 is 2.06 bits per heavy atom. The lowest BCUT2D eigenvalue weighted by atomic mass is 9.93. The van der Waals surface area contributed by atoms with Crippen LogP contribution in [0.2, 0.25) is 0 Å². The fourth-order valence-corrected chi connectivity index (χ4v) is 1.35. The third kappa shape index (κ3) is 3.56. The Hall–Kier alpha value is -0.970. The van der Waals surface area contributed by atoms with E-state index < -0.39 is 5.41 Å². The predicted molar refractivity (Wildman–Crippen MR) is 63.0 cm³/mol. The number of hydrogen-bond acceptors (Lipinski definition) is 4. The molecule has 90 valence electrons. The zero-order chi connectivity index (χ0) is 12.0. The summed E-state index contributed by atoms with van der Waals surface area (Å²) in [5.41, 5.74) is 1.67. The van der Waals surface area contributed by atoms with E-state index in [1.165, 1.54) is 0 Å². The van der Waals surface area contributed by atoms with Crippen LogP contribution in [0.15, 0.2) is 18.3 Å². The molecule has 0 amide bonds. The molecule has 1 rings (SSSR count). The van der Waals surface area contributed by atoms with E-state index >= 15 is 0 Å². The minimum absolute atomic E-state index is 0.0301. The van der Waals surface area contributed by atoms with E-state index in [0.717, 1.165) is 11.3 Å². The van der Waals surface area contributed by atoms with E-state index in [0.29, 0.717) is 13.1 Å². The fraction of sp³-hybridized carbons (Fsp3) is 0.583. The van der Waals surface area contributed by atoms with Crippen molar-refractivity contribution in [3.63, 3.8) is 0 Å². The number of nitrogens with one attached hydrogen (secondary N) is 1. The van der Waals surface area contributed by atoms with Gasteiger partial charge in [0.15, 0.2) is 0 Å². The number of hydrogen-bond donors (Lipinski definition) is 3. The van der Waals surface area contributed by atoms with Gasteiger partial charge in [-0.1, -0.05) is 13.0 Å². The number of aryl methyl sites for hydroxylation is 1. The number of aliphatic hydroxyl groups is 2. The molecule has 1 heterocycles. The normalized spacial score (nSPS) is 11.8. The van der Waals surface area contributed by atoms with Gasteiger partial charge in [0.25, 0.3) is 0 Å². The fourth-order valence-electron chi connectivity index (χ4n) is 1.35. The number of aliphatic hydroxyl groups excluding tert-OH is 2. The van der Waals surface area contributed by atoms with Crippen molar-refractivity contribution in [2.75, 3.05) is 19.8 Å². The van der Waals surface area contributed by atoms with Gasteiger partial charge in [0.2, 0.25) is 0 Å². The average Bonchev–Trinajstić information content (AvgIpc) is 2.31. The Balaban J connectivity index is 2.44. The molecule has 1 aromatic rings. The molecule has 0 saturated heterocycles. The van der Waals surface area contributed by atoms with E-state index in [4.69, 9.17) is 10.2 Å². The molecule has 0 unspecified atom stereocenters. The summed E-state index contributed by atoms with van der Waals surface area (Å²) in [6.45, 7) is 5.01. The molecule has 0 fully saturated rings. The number of nitrogens with zero attached hydrogens (tertiary/aromatic N) is 1. The van der Waals surface area contributed by atoms with Crippen LogP contribution in [0.4, 0.5) is 0 Å². The monoisotopic (exact) mass is 224 g/mol. The SMILES string of the molecule is Cc1cccnc1CNCC(C)(CO)CO. The van der Waals surface area contributed by atoms with Gasteiger partial charge in [-0.25, -0.2) is 0 Å². The van der Waals surface area contributed by atoms with E-state index in [1.807, 2.05) is 26.0 Å². The third-order valence-corrected chi connectivity index (χ3v) is 2.73. The van der Waals surface area contributed by atoms with Crippen LogP contribution in [0.3, 0.4) is 0 Å². The van der Waals surface area contributed by atoms with Crippen molar-refractivity contribution in [1.29, 1.82) is 0 Å². The maximum atomic E-state index is 9.12. The van der Waals surface area contributed by atoms with Crippen molar-refractivity contribution in [1.82, 2.24) is 10.3 Å². The number of rotatable bonds is 6.